The number of likely N-dealkylation sites (tertiary alicyclic amines) is 1. The molecular formula is C28H31FN6O7. The highest BCUT2D eigenvalue weighted by Crippen LogP contribution is 2.32. The standard InChI is InChI=1S/C24H27FN6O3.C4H4O4/c25-19-11-27-21-1-2-22(32)31-18(14-34-24(19)23(21)31)12-30-6-3-16(4-7-30)26-10-17-9-15-13-33-8-5-20(15)29-28-17;5-3(6)1-2-4(7)8/h1-2,9,11,16,18,26H,3-8,10,12-14H2;1-2H,(H,5,6)(H,7,8)/b;2-1+/t18-;/m1./s1. The smallest absolute Gasteiger partial charge is 0.328 e. The fourth-order valence-electron chi connectivity index (χ4n) is 5.34. The number of rotatable bonds is 7. The van der Waals surface area contributed by atoms with Crippen molar-refractivity contribution in [3.05, 3.63) is 69.7 Å². The number of carbonyl (C=O) groups is 2. The van der Waals surface area contributed by atoms with Crippen molar-refractivity contribution < 1.29 is 33.7 Å². The van der Waals surface area contributed by atoms with Gasteiger partial charge in [0.15, 0.2) is 11.6 Å². The molecule has 0 aromatic carbocycles. The minimum Gasteiger partial charge on any atom is -0.486 e. The van der Waals surface area contributed by atoms with Crippen molar-refractivity contribution in [3.8, 4) is 5.75 Å². The lowest BCUT2D eigenvalue weighted by atomic mass is 10.0. The quantitative estimate of drug-likeness (QED) is 0.342. The molecule has 0 radical (unpaired) electrons. The molecule has 0 unspecified atom stereocenters. The number of fused-ring (bicyclic) bond motifs is 1. The van der Waals surface area contributed by atoms with Gasteiger partial charge in [0.05, 0.1) is 42.4 Å². The highest BCUT2D eigenvalue weighted by Gasteiger charge is 2.29. The van der Waals surface area contributed by atoms with Gasteiger partial charge in [-0.25, -0.2) is 14.0 Å². The van der Waals surface area contributed by atoms with Crippen LogP contribution in [0.25, 0.3) is 11.0 Å². The molecule has 222 valence electrons. The number of carboxylic acid groups (broad SMARTS) is 2. The van der Waals surface area contributed by atoms with Crippen molar-refractivity contribution in [3.63, 3.8) is 0 Å². The largest absolute Gasteiger partial charge is 0.486 e. The van der Waals surface area contributed by atoms with Gasteiger partial charge in [0.2, 0.25) is 0 Å². The van der Waals surface area contributed by atoms with Gasteiger partial charge >= 0.3 is 11.9 Å². The predicted molar refractivity (Wildman–Crippen MR) is 147 cm³/mol. The molecular weight excluding hydrogens is 551 g/mol. The van der Waals surface area contributed by atoms with Crippen LogP contribution in [0.3, 0.4) is 0 Å². The van der Waals surface area contributed by atoms with Crippen LogP contribution >= 0.6 is 0 Å². The average molecular weight is 583 g/mol. The fraction of sp³-hybridized carbons (Fsp3) is 0.429. The second-order valence-corrected chi connectivity index (χ2v) is 10.3. The molecule has 0 aliphatic carbocycles. The summed E-state index contributed by atoms with van der Waals surface area (Å²) in [6, 6.07) is 5.45. The first-order valence-electron chi connectivity index (χ1n) is 13.6. The molecule has 13 nitrogen and oxygen atoms in total. The van der Waals surface area contributed by atoms with E-state index in [9.17, 15) is 18.8 Å². The fourth-order valence-corrected chi connectivity index (χ4v) is 5.34. The van der Waals surface area contributed by atoms with Gasteiger partial charge in [0.25, 0.3) is 5.56 Å². The Balaban J connectivity index is 0.000000390. The number of ether oxygens (including phenoxy) is 2. The maximum absolute atomic E-state index is 14.2. The number of carboxylic acids is 2. The number of pyridine rings is 2. The number of hydrogen-bond acceptors (Lipinski definition) is 10. The molecule has 3 aliphatic heterocycles. The Bertz CT molecular complexity index is 1540. The first-order chi connectivity index (χ1) is 20.3. The molecule has 0 saturated carbocycles. The minimum absolute atomic E-state index is 0.124. The van der Waals surface area contributed by atoms with Gasteiger partial charge in [-0.3, -0.25) is 14.3 Å². The van der Waals surface area contributed by atoms with Crippen LogP contribution in [-0.4, -0.2) is 85.7 Å². The van der Waals surface area contributed by atoms with E-state index in [1.165, 1.54) is 6.07 Å². The second kappa shape index (κ2) is 13.1. The van der Waals surface area contributed by atoms with E-state index in [2.05, 4.69) is 31.5 Å². The predicted octanol–water partition coefficient (Wildman–Crippen LogP) is 1.30. The molecule has 42 heavy (non-hydrogen) atoms. The number of aromatic nitrogens is 4. The zero-order valence-corrected chi connectivity index (χ0v) is 22.7. The van der Waals surface area contributed by atoms with E-state index < -0.39 is 17.8 Å². The van der Waals surface area contributed by atoms with Crippen LogP contribution in [-0.2, 0) is 33.9 Å². The molecule has 3 aromatic rings. The van der Waals surface area contributed by atoms with Gasteiger partial charge < -0.3 is 29.9 Å². The number of nitrogens with zero attached hydrogens (tertiary/aromatic N) is 5. The molecule has 6 heterocycles. The highest BCUT2D eigenvalue weighted by atomic mass is 19.1. The van der Waals surface area contributed by atoms with Crippen molar-refractivity contribution in [2.45, 2.75) is 44.5 Å². The number of halogens is 1. The number of hydrogen-bond donors (Lipinski definition) is 3. The third-order valence-electron chi connectivity index (χ3n) is 7.39. The van der Waals surface area contributed by atoms with Crippen molar-refractivity contribution in [2.24, 2.45) is 0 Å². The molecule has 1 saturated heterocycles. The molecule has 1 fully saturated rings. The normalized spacial score (nSPS) is 18.6. The van der Waals surface area contributed by atoms with Gasteiger partial charge in [-0.1, -0.05) is 0 Å². The van der Waals surface area contributed by atoms with E-state index in [0.29, 0.717) is 48.9 Å². The Hall–Kier alpha value is -4.27. The SMILES string of the molecule is O=C(O)/C=C/C(=O)O.O=c1ccc2ncc(F)c3c2n1[C@H](CN1CCC(NCc2cc4c(nn2)CCOC4)CC1)CO3. The monoisotopic (exact) mass is 582 g/mol. The van der Waals surface area contributed by atoms with Gasteiger partial charge in [-0.15, -0.1) is 0 Å². The Kier molecular flexibility index (Phi) is 9.15. The lowest BCUT2D eigenvalue weighted by Gasteiger charge is -2.36. The molecule has 6 rings (SSSR count). The summed E-state index contributed by atoms with van der Waals surface area (Å²) in [7, 11) is 0. The third-order valence-corrected chi connectivity index (χ3v) is 7.39. The minimum atomic E-state index is -1.26. The van der Waals surface area contributed by atoms with Gasteiger partial charge in [-0.05, 0) is 38.1 Å². The average Bonchev–Trinajstić information content (AvgIpc) is 2.99. The summed E-state index contributed by atoms with van der Waals surface area (Å²) in [6.45, 7) is 4.80. The van der Waals surface area contributed by atoms with Crippen molar-refractivity contribution >= 4 is 23.0 Å². The zero-order chi connectivity index (χ0) is 29.6. The molecule has 3 N–H and O–H groups in total. The van der Waals surface area contributed by atoms with E-state index in [4.69, 9.17) is 19.7 Å². The first-order valence-corrected chi connectivity index (χ1v) is 13.6. The maximum Gasteiger partial charge on any atom is 0.328 e. The summed E-state index contributed by atoms with van der Waals surface area (Å²) < 4.78 is 27.2. The Labute approximate surface area is 239 Å². The first kappa shape index (κ1) is 29.2. The van der Waals surface area contributed by atoms with Crippen molar-refractivity contribution in [1.82, 2.24) is 30.0 Å². The van der Waals surface area contributed by atoms with Gasteiger partial charge in [0, 0.05) is 49.3 Å². The summed E-state index contributed by atoms with van der Waals surface area (Å²) in [5.41, 5.74) is 4.01. The van der Waals surface area contributed by atoms with Gasteiger partial charge in [0.1, 0.15) is 12.1 Å². The summed E-state index contributed by atoms with van der Waals surface area (Å²) >= 11 is 0. The van der Waals surface area contributed by atoms with E-state index in [1.807, 2.05) is 0 Å². The number of aliphatic carboxylic acids is 2. The van der Waals surface area contributed by atoms with Crippen molar-refractivity contribution in [1.29, 1.82) is 0 Å². The van der Waals surface area contributed by atoms with Crippen LogP contribution in [0.15, 0.2) is 41.3 Å². The lowest BCUT2D eigenvalue weighted by Crippen LogP contribution is -2.46. The zero-order valence-electron chi connectivity index (χ0n) is 22.7. The highest BCUT2D eigenvalue weighted by molar-refractivity contribution is 5.89. The Morgan fingerprint density at radius 1 is 1.14 bits per heavy atom. The number of nitrogens with one attached hydrogen (secondary N) is 1. The van der Waals surface area contributed by atoms with Crippen LogP contribution < -0.4 is 15.6 Å². The Morgan fingerprint density at radius 3 is 2.64 bits per heavy atom. The van der Waals surface area contributed by atoms with E-state index in [1.54, 1.807) is 10.6 Å². The summed E-state index contributed by atoms with van der Waals surface area (Å²) in [6.07, 6.45) is 5.10. The van der Waals surface area contributed by atoms with Crippen molar-refractivity contribution in [2.75, 3.05) is 32.8 Å². The topological polar surface area (TPSA) is 169 Å². The van der Waals surface area contributed by atoms with E-state index >= 15 is 0 Å². The van der Waals surface area contributed by atoms with Gasteiger partial charge in [-0.2, -0.15) is 10.2 Å². The molecule has 14 heteroatoms. The summed E-state index contributed by atoms with van der Waals surface area (Å²) in [5, 5.41) is 28.0. The van der Waals surface area contributed by atoms with Crippen LogP contribution in [0.5, 0.6) is 5.75 Å². The third kappa shape index (κ3) is 6.95. The summed E-state index contributed by atoms with van der Waals surface area (Å²) in [4.78, 5) is 38.3. The molecule has 3 aliphatic rings. The van der Waals surface area contributed by atoms with Crippen LogP contribution in [0.1, 0.15) is 35.8 Å². The molecule has 0 amide bonds. The maximum atomic E-state index is 14.2. The lowest BCUT2D eigenvalue weighted by molar-refractivity contribution is -0.134. The van der Waals surface area contributed by atoms with Crippen LogP contribution in [0.4, 0.5) is 4.39 Å². The molecule has 3 aromatic heterocycles. The molecule has 1 atom stereocenters. The molecule has 0 spiro atoms. The van der Waals surface area contributed by atoms with E-state index in [0.717, 1.165) is 62.1 Å². The van der Waals surface area contributed by atoms with E-state index in [-0.39, 0.29) is 24.0 Å². The van der Waals surface area contributed by atoms with Crippen LogP contribution in [0.2, 0.25) is 0 Å². The molecule has 0 bridgehead atoms. The summed E-state index contributed by atoms with van der Waals surface area (Å²) in [5.74, 6) is -2.92. The Morgan fingerprint density at radius 2 is 1.90 bits per heavy atom. The second-order valence-electron chi connectivity index (χ2n) is 10.3. The number of piperidine rings is 1. The van der Waals surface area contributed by atoms with Crippen LogP contribution in [0, 0.1) is 5.82 Å².